The monoisotopic (exact) mass is 529 g/mol. The molecule has 2 atom stereocenters. The zero-order chi connectivity index (χ0) is 27.2. The molecule has 2 unspecified atom stereocenters. The topological polar surface area (TPSA) is 110 Å². The number of hydrogen-bond donors (Lipinski definition) is 3. The minimum Gasteiger partial charge on any atom is -0.397 e. The zero-order valence-electron chi connectivity index (χ0n) is 21.6. The molecule has 2 aromatic carbocycles. The maximum absolute atomic E-state index is 13.4. The van der Waals surface area contributed by atoms with Crippen LogP contribution in [0.2, 0.25) is 0 Å². The summed E-state index contributed by atoms with van der Waals surface area (Å²) < 4.78 is 18.8. The van der Waals surface area contributed by atoms with Crippen LogP contribution in [0.3, 0.4) is 0 Å². The molecule has 0 bridgehead atoms. The van der Waals surface area contributed by atoms with Crippen LogP contribution in [0.1, 0.15) is 29.9 Å². The molecular weight excluding hydrogens is 497 g/mol. The molecule has 0 saturated carbocycles. The molecule has 3 aromatic rings. The Morgan fingerprint density at radius 1 is 1.00 bits per heavy atom. The van der Waals surface area contributed by atoms with Crippen LogP contribution in [0, 0.1) is 11.7 Å². The van der Waals surface area contributed by atoms with Crippen molar-refractivity contribution in [3.05, 3.63) is 89.9 Å². The predicted molar refractivity (Wildman–Crippen MR) is 149 cm³/mol. The maximum atomic E-state index is 13.4. The van der Waals surface area contributed by atoms with Crippen LogP contribution >= 0.6 is 0 Å². The molecule has 0 radical (unpaired) electrons. The maximum Gasteiger partial charge on any atom is 0.248 e. The molecule has 4 N–H and O–H groups in total. The van der Waals surface area contributed by atoms with E-state index in [1.54, 1.807) is 18.2 Å². The third-order valence-electron chi connectivity index (χ3n) is 7.38. The Morgan fingerprint density at radius 2 is 1.77 bits per heavy atom. The van der Waals surface area contributed by atoms with E-state index in [1.807, 2.05) is 36.4 Å². The van der Waals surface area contributed by atoms with E-state index in [0.717, 1.165) is 49.9 Å². The Labute approximate surface area is 227 Å². The number of benzene rings is 2. The number of hydrogen-bond acceptors (Lipinski definition) is 6. The van der Waals surface area contributed by atoms with E-state index in [0.29, 0.717) is 29.8 Å². The summed E-state index contributed by atoms with van der Waals surface area (Å²) in [6.07, 6.45) is 6.20. The fourth-order valence-corrected chi connectivity index (χ4v) is 5.27. The number of pyridine rings is 1. The highest BCUT2D eigenvalue weighted by atomic mass is 19.1. The Bertz CT molecular complexity index is 1320. The lowest BCUT2D eigenvalue weighted by Gasteiger charge is -2.31. The molecule has 5 rings (SSSR count). The van der Waals surface area contributed by atoms with Crippen molar-refractivity contribution in [3.63, 3.8) is 0 Å². The number of nitrogens with two attached hydrogens (primary N) is 1. The molecule has 39 heavy (non-hydrogen) atoms. The van der Waals surface area contributed by atoms with Gasteiger partial charge in [-0.05, 0) is 54.3 Å². The summed E-state index contributed by atoms with van der Waals surface area (Å²) in [6.45, 7) is 2.85. The molecule has 3 heterocycles. The van der Waals surface area contributed by atoms with Crippen LogP contribution < -0.4 is 16.4 Å². The van der Waals surface area contributed by atoms with Gasteiger partial charge in [-0.2, -0.15) is 0 Å². The van der Waals surface area contributed by atoms with Crippen LogP contribution in [0.25, 0.3) is 6.08 Å². The second kappa shape index (κ2) is 12.2. The number of carbonyl (C=O) groups excluding carboxylic acids is 2. The molecular formula is C30H32FN5O3. The number of aromatic nitrogens is 1. The van der Waals surface area contributed by atoms with E-state index in [1.165, 1.54) is 18.2 Å². The molecule has 2 fully saturated rings. The van der Waals surface area contributed by atoms with E-state index >= 15 is 0 Å². The van der Waals surface area contributed by atoms with Crippen molar-refractivity contribution in [2.24, 2.45) is 5.92 Å². The lowest BCUT2D eigenvalue weighted by atomic mass is 9.88. The highest BCUT2D eigenvalue weighted by Crippen LogP contribution is 2.36. The Balaban J connectivity index is 1.29. The third-order valence-corrected chi connectivity index (χ3v) is 7.38. The quantitative estimate of drug-likeness (QED) is 0.311. The van der Waals surface area contributed by atoms with Gasteiger partial charge in [0.15, 0.2) is 0 Å². The summed E-state index contributed by atoms with van der Waals surface area (Å²) in [5.41, 5.74) is 8.88. The first-order chi connectivity index (χ1) is 19.0. The van der Waals surface area contributed by atoms with Crippen molar-refractivity contribution in [1.29, 1.82) is 0 Å². The second-order valence-corrected chi connectivity index (χ2v) is 9.94. The van der Waals surface area contributed by atoms with Crippen molar-refractivity contribution in [3.8, 4) is 0 Å². The van der Waals surface area contributed by atoms with Crippen molar-refractivity contribution in [2.45, 2.75) is 24.8 Å². The summed E-state index contributed by atoms with van der Waals surface area (Å²) in [7, 11) is 0. The number of anilines is 3. The van der Waals surface area contributed by atoms with Gasteiger partial charge in [0, 0.05) is 44.3 Å². The third kappa shape index (κ3) is 6.68. The number of ether oxygens (including phenoxy) is 1. The molecule has 202 valence electrons. The van der Waals surface area contributed by atoms with Gasteiger partial charge >= 0.3 is 0 Å². The van der Waals surface area contributed by atoms with Crippen LogP contribution in [0.5, 0.6) is 0 Å². The van der Waals surface area contributed by atoms with E-state index in [9.17, 15) is 14.0 Å². The second-order valence-electron chi connectivity index (χ2n) is 9.94. The number of nitrogens with one attached hydrogen (secondary N) is 2. The van der Waals surface area contributed by atoms with Gasteiger partial charge in [-0.25, -0.2) is 9.37 Å². The van der Waals surface area contributed by atoms with E-state index in [-0.39, 0.29) is 23.7 Å². The summed E-state index contributed by atoms with van der Waals surface area (Å²) in [5, 5.41) is 5.65. The van der Waals surface area contributed by atoms with Crippen molar-refractivity contribution < 1.29 is 18.7 Å². The Morgan fingerprint density at radius 3 is 2.49 bits per heavy atom. The van der Waals surface area contributed by atoms with E-state index < -0.39 is 5.82 Å². The SMILES string of the molecule is Nc1ccccc1NC(=O)/C=C/c1ccc(C2CN(C3CCOCC3)CC2C(=O)Nc2ccc(F)cn2)cc1. The molecule has 2 aliphatic rings. The minimum atomic E-state index is -0.451. The average Bonchev–Trinajstić information content (AvgIpc) is 3.41. The summed E-state index contributed by atoms with van der Waals surface area (Å²) in [5.74, 6) is -0.826. The number of para-hydroxylation sites is 2. The summed E-state index contributed by atoms with van der Waals surface area (Å²) in [4.78, 5) is 32.1. The fraction of sp³-hybridized carbons (Fsp3) is 0.300. The van der Waals surface area contributed by atoms with Gasteiger partial charge < -0.3 is 21.1 Å². The van der Waals surface area contributed by atoms with Gasteiger partial charge in [-0.3, -0.25) is 14.5 Å². The van der Waals surface area contributed by atoms with Gasteiger partial charge in [0.25, 0.3) is 0 Å². The van der Waals surface area contributed by atoms with Gasteiger partial charge in [0.2, 0.25) is 11.8 Å². The van der Waals surface area contributed by atoms with Crippen LogP contribution in [-0.2, 0) is 14.3 Å². The van der Waals surface area contributed by atoms with Crippen LogP contribution in [0.15, 0.2) is 72.9 Å². The number of nitrogens with zero attached hydrogens (tertiary/aromatic N) is 2. The zero-order valence-corrected chi connectivity index (χ0v) is 21.6. The lowest BCUT2D eigenvalue weighted by molar-refractivity contribution is -0.120. The number of likely N-dealkylation sites (tertiary alicyclic amines) is 1. The molecule has 0 aliphatic carbocycles. The predicted octanol–water partition coefficient (Wildman–Crippen LogP) is 4.29. The normalized spacial score (nSPS) is 20.2. The molecule has 2 amide bonds. The number of halogens is 1. The molecule has 9 heteroatoms. The van der Waals surface area contributed by atoms with Gasteiger partial charge in [-0.15, -0.1) is 0 Å². The van der Waals surface area contributed by atoms with E-state index in [2.05, 4.69) is 20.5 Å². The lowest BCUT2D eigenvalue weighted by Crippen LogP contribution is -2.38. The van der Waals surface area contributed by atoms with Gasteiger partial charge in [0.1, 0.15) is 11.6 Å². The number of carbonyl (C=O) groups is 2. The first-order valence-electron chi connectivity index (χ1n) is 13.1. The Hall–Kier alpha value is -4.08. The van der Waals surface area contributed by atoms with Gasteiger partial charge in [-0.1, -0.05) is 36.4 Å². The first kappa shape index (κ1) is 26.5. The molecule has 2 saturated heterocycles. The van der Waals surface area contributed by atoms with Crippen molar-refractivity contribution >= 4 is 35.1 Å². The van der Waals surface area contributed by atoms with E-state index in [4.69, 9.17) is 10.5 Å². The van der Waals surface area contributed by atoms with Crippen molar-refractivity contribution in [2.75, 3.05) is 42.7 Å². The molecule has 2 aliphatic heterocycles. The highest BCUT2D eigenvalue weighted by molar-refractivity contribution is 6.03. The first-order valence-corrected chi connectivity index (χ1v) is 13.1. The smallest absolute Gasteiger partial charge is 0.248 e. The average molecular weight is 530 g/mol. The molecule has 0 spiro atoms. The molecule has 8 nitrogen and oxygen atoms in total. The van der Waals surface area contributed by atoms with Crippen LogP contribution in [-0.4, -0.2) is 54.0 Å². The van der Waals surface area contributed by atoms with Gasteiger partial charge in [0.05, 0.1) is 23.5 Å². The summed E-state index contributed by atoms with van der Waals surface area (Å²) in [6, 6.07) is 18.2. The number of nitrogen functional groups attached to an aromatic ring is 1. The molecule has 1 aromatic heterocycles. The summed E-state index contributed by atoms with van der Waals surface area (Å²) >= 11 is 0. The Kier molecular flexibility index (Phi) is 8.29. The standard InChI is InChI=1S/C30H32FN5O3/c31-22-10-11-28(33-17-22)35-30(38)25-19-36(23-13-15-39-16-14-23)18-24(25)21-8-5-20(6-9-21)7-12-29(37)34-27-4-2-1-3-26(27)32/h1-12,17,23-25H,13-16,18-19,32H2,(H,34,37)(H,33,35,38)/b12-7+. The fourth-order valence-electron chi connectivity index (χ4n) is 5.27. The van der Waals surface area contributed by atoms with Crippen molar-refractivity contribution in [1.82, 2.24) is 9.88 Å². The minimum absolute atomic E-state index is 0.0179. The highest BCUT2D eigenvalue weighted by Gasteiger charge is 2.41. The number of rotatable bonds is 7. The largest absolute Gasteiger partial charge is 0.397 e. The number of amides is 2. The van der Waals surface area contributed by atoms with Crippen LogP contribution in [0.4, 0.5) is 21.6 Å².